The summed E-state index contributed by atoms with van der Waals surface area (Å²) in [6, 6.07) is 13.7. The topological polar surface area (TPSA) is 24.4 Å². The molecule has 0 amide bonds. The molecule has 0 saturated carbocycles. The number of benzene rings is 2. The largest absolute Gasteiger partial charge is 0.449 e. The minimum atomic E-state index is -4.56. The highest BCUT2D eigenvalue weighted by molar-refractivity contribution is 6.01. The molecule has 0 bridgehead atoms. The van der Waals surface area contributed by atoms with Gasteiger partial charge in [0.1, 0.15) is 0 Å². The van der Waals surface area contributed by atoms with Crippen LogP contribution >= 0.6 is 0 Å². The molecule has 0 spiro atoms. The van der Waals surface area contributed by atoms with Gasteiger partial charge in [-0.15, -0.1) is 0 Å². The molecule has 0 saturated heterocycles. The number of nitrogens with one attached hydrogen (secondary N) is 1. The molecule has 2 aromatic carbocycles. The number of aliphatic imine (C=N–C) groups is 1. The first-order valence-electron chi connectivity index (χ1n) is 8.29. The van der Waals surface area contributed by atoms with Crippen LogP contribution in [-0.2, 0) is 0 Å². The quantitative estimate of drug-likeness (QED) is 0.486. The van der Waals surface area contributed by atoms with Gasteiger partial charge in [0.05, 0.1) is 5.69 Å². The molecule has 0 aromatic heterocycles. The van der Waals surface area contributed by atoms with Crippen molar-refractivity contribution >= 4 is 17.2 Å². The van der Waals surface area contributed by atoms with Crippen LogP contribution in [-0.4, -0.2) is 12.0 Å². The normalized spacial score (nSPS) is 12.8. The number of nitrogens with zero attached hydrogens (tertiary/aromatic N) is 1. The predicted molar refractivity (Wildman–Crippen MR) is 97.8 cm³/mol. The van der Waals surface area contributed by atoms with Crippen LogP contribution in [0.25, 0.3) is 0 Å². The van der Waals surface area contributed by atoms with Crippen molar-refractivity contribution in [1.29, 1.82) is 0 Å². The van der Waals surface area contributed by atoms with E-state index in [9.17, 15) is 13.2 Å². The third-order valence-electron chi connectivity index (χ3n) is 3.91. The number of alkyl halides is 3. The predicted octanol–water partition coefficient (Wildman–Crippen LogP) is 6.64. The van der Waals surface area contributed by atoms with Gasteiger partial charge >= 0.3 is 6.18 Å². The highest BCUT2D eigenvalue weighted by Gasteiger charge is 2.36. The van der Waals surface area contributed by atoms with Gasteiger partial charge in [0.25, 0.3) is 0 Å². The summed E-state index contributed by atoms with van der Waals surface area (Å²) < 4.78 is 39.9. The Morgan fingerprint density at radius 2 is 1.24 bits per heavy atom. The molecule has 0 aliphatic carbocycles. The van der Waals surface area contributed by atoms with Gasteiger partial charge in [0, 0.05) is 5.69 Å². The molecule has 1 N–H and O–H groups in total. The van der Waals surface area contributed by atoms with Crippen LogP contribution in [0.3, 0.4) is 0 Å². The molecule has 0 aliphatic heterocycles. The first kappa shape index (κ1) is 19.0. The lowest BCUT2D eigenvalue weighted by Gasteiger charge is -2.14. The van der Waals surface area contributed by atoms with E-state index < -0.39 is 12.0 Å². The maximum absolute atomic E-state index is 13.3. The van der Waals surface area contributed by atoms with Crippen molar-refractivity contribution in [2.24, 2.45) is 4.99 Å². The van der Waals surface area contributed by atoms with E-state index in [0.29, 0.717) is 17.5 Å². The molecule has 25 heavy (non-hydrogen) atoms. The molecule has 0 fully saturated rings. The molecule has 2 aromatic rings. The summed E-state index contributed by atoms with van der Waals surface area (Å²) in [6.07, 6.45) is -4.56. The van der Waals surface area contributed by atoms with Gasteiger partial charge in [0.15, 0.2) is 0 Å². The fourth-order valence-corrected chi connectivity index (χ4v) is 2.31. The zero-order chi connectivity index (χ0) is 18.6. The maximum atomic E-state index is 13.3. The Kier molecular flexibility index (Phi) is 5.88. The van der Waals surface area contributed by atoms with Gasteiger partial charge < -0.3 is 5.32 Å². The van der Waals surface area contributed by atoms with Crippen LogP contribution in [0.2, 0.25) is 0 Å². The molecule has 0 atom stereocenters. The molecular weight excluding hydrogens is 325 g/mol. The molecule has 0 heterocycles. The Labute approximate surface area is 146 Å². The summed E-state index contributed by atoms with van der Waals surface area (Å²) in [5.74, 6) is -0.385. The first-order valence-corrected chi connectivity index (χ1v) is 8.29. The zero-order valence-electron chi connectivity index (χ0n) is 14.9. The fraction of sp³-hybridized carbons (Fsp3) is 0.350. The second-order valence-corrected chi connectivity index (χ2v) is 6.61. The van der Waals surface area contributed by atoms with E-state index in [1.165, 1.54) is 0 Å². The van der Waals surface area contributed by atoms with Crippen molar-refractivity contribution in [2.45, 2.75) is 45.7 Å². The molecule has 2 rings (SSSR count). The number of amidine groups is 1. The molecule has 134 valence electrons. The second-order valence-electron chi connectivity index (χ2n) is 6.61. The highest BCUT2D eigenvalue weighted by atomic mass is 19.4. The van der Waals surface area contributed by atoms with Crippen LogP contribution in [0.1, 0.15) is 50.7 Å². The number of halogens is 3. The molecule has 0 radical (unpaired) electrons. The minimum Gasteiger partial charge on any atom is -0.336 e. The van der Waals surface area contributed by atoms with E-state index in [0.717, 1.165) is 11.1 Å². The van der Waals surface area contributed by atoms with Gasteiger partial charge in [-0.25, -0.2) is 4.99 Å². The maximum Gasteiger partial charge on any atom is 0.449 e. The Hall–Kier alpha value is -2.30. The summed E-state index contributed by atoms with van der Waals surface area (Å²) in [5, 5.41) is 2.40. The smallest absolute Gasteiger partial charge is 0.336 e. The van der Waals surface area contributed by atoms with E-state index in [-0.39, 0.29) is 5.69 Å². The van der Waals surface area contributed by atoms with Crippen molar-refractivity contribution in [3.8, 4) is 0 Å². The minimum absolute atomic E-state index is 0.267. The lowest BCUT2D eigenvalue weighted by atomic mass is 10.0. The van der Waals surface area contributed by atoms with Crippen LogP contribution in [0, 0.1) is 0 Å². The van der Waals surface area contributed by atoms with Gasteiger partial charge in [-0.1, -0.05) is 52.0 Å². The first-order chi connectivity index (χ1) is 11.7. The van der Waals surface area contributed by atoms with Crippen molar-refractivity contribution < 1.29 is 13.2 Å². The molecule has 0 unspecified atom stereocenters. The van der Waals surface area contributed by atoms with Crippen LogP contribution in [0.15, 0.2) is 53.5 Å². The Morgan fingerprint density at radius 3 is 1.64 bits per heavy atom. The molecule has 0 aliphatic rings. The van der Waals surface area contributed by atoms with Crippen molar-refractivity contribution in [1.82, 2.24) is 0 Å². The van der Waals surface area contributed by atoms with Crippen molar-refractivity contribution in [2.75, 3.05) is 5.32 Å². The number of anilines is 1. The van der Waals surface area contributed by atoms with Gasteiger partial charge in [-0.2, -0.15) is 13.2 Å². The van der Waals surface area contributed by atoms with Crippen LogP contribution < -0.4 is 5.32 Å². The third kappa shape index (κ3) is 5.34. The van der Waals surface area contributed by atoms with Crippen molar-refractivity contribution in [3.63, 3.8) is 0 Å². The summed E-state index contributed by atoms with van der Waals surface area (Å²) in [6.45, 7) is 8.13. The number of rotatable bonds is 4. The monoisotopic (exact) mass is 348 g/mol. The third-order valence-corrected chi connectivity index (χ3v) is 3.91. The average Bonchev–Trinajstić information content (AvgIpc) is 2.54. The Morgan fingerprint density at radius 1 is 0.800 bits per heavy atom. The van der Waals surface area contributed by atoms with Crippen LogP contribution in [0.4, 0.5) is 24.5 Å². The van der Waals surface area contributed by atoms with Gasteiger partial charge in [-0.3, -0.25) is 0 Å². The molecular formula is C20H23F3N2. The lowest BCUT2D eigenvalue weighted by molar-refractivity contribution is -0.0586. The summed E-state index contributed by atoms with van der Waals surface area (Å²) in [4.78, 5) is 3.76. The fourth-order valence-electron chi connectivity index (χ4n) is 2.31. The number of hydrogen-bond acceptors (Lipinski definition) is 1. The van der Waals surface area contributed by atoms with Gasteiger partial charge in [0.2, 0.25) is 5.84 Å². The Balaban J connectivity index is 2.26. The highest BCUT2D eigenvalue weighted by Crippen LogP contribution is 2.25. The Bertz CT molecular complexity index is 712. The van der Waals surface area contributed by atoms with E-state index in [1.54, 1.807) is 36.4 Å². The zero-order valence-corrected chi connectivity index (χ0v) is 14.9. The van der Waals surface area contributed by atoms with E-state index in [1.807, 2.05) is 39.8 Å². The SMILES string of the molecule is CC(C)c1ccc(N=C(Nc2ccc(C(C)C)cc2)C(F)(F)F)cc1. The lowest BCUT2D eigenvalue weighted by Crippen LogP contribution is -2.30. The van der Waals surface area contributed by atoms with Crippen LogP contribution in [0.5, 0.6) is 0 Å². The number of hydrogen-bond donors (Lipinski definition) is 1. The van der Waals surface area contributed by atoms with E-state index in [4.69, 9.17) is 0 Å². The second kappa shape index (κ2) is 7.72. The van der Waals surface area contributed by atoms with E-state index in [2.05, 4.69) is 10.3 Å². The van der Waals surface area contributed by atoms with Crippen molar-refractivity contribution in [3.05, 3.63) is 59.7 Å². The standard InChI is InChI=1S/C20H23F3N2/c1-13(2)15-5-9-17(10-6-15)24-19(20(21,22)23)25-18-11-7-16(8-12-18)14(3)4/h5-14H,1-4H3,(H,24,25). The molecule has 5 heteroatoms. The molecule has 2 nitrogen and oxygen atoms in total. The summed E-state index contributed by atoms with van der Waals surface area (Å²) in [5.41, 5.74) is 2.76. The van der Waals surface area contributed by atoms with Gasteiger partial charge in [-0.05, 0) is 47.2 Å². The summed E-state index contributed by atoms with van der Waals surface area (Å²) >= 11 is 0. The summed E-state index contributed by atoms with van der Waals surface area (Å²) in [7, 11) is 0. The van der Waals surface area contributed by atoms with E-state index >= 15 is 0 Å². The average molecular weight is 348 g/mol.